The number of nitrogens with one attached hydrogen (secondary N) is 1. The first kappa shape index (κ1) is 9.32. The minimum Gasteiger partial charge on any atom is -0.453 e. The van der Waals surface area contributed by atoms with Crippen molar-refractivity contribution < 1.29 is 9.53 Å². The average Bonchev–Trinajstić information content (AvgIpc) is 2.01. The summed E-state index contributed by atoms with van der Waals surface area (Å²) in [5, 5.41) is 3.17. The number of hydrogen-bond donors (Lipinski definition) is 1. The molecule has 1 amide bonds. The number of likely N-dealkylation sites (tertiary alicyclic amines) is 1. The van der Waals surface area contributed by atoms with Gasteiger partial charge in [-0.3, -0.25) is 0 Å². The lowest BCUT2D eigenvalue weighted by molar-refractivity contribution is 0.0567. The van der Waals surface area contributed by atoms with E-state index in [0.717, 1.165) is 13.1 Å². The van der Waals surface area contributed by atoms with Crippen LogP contribution in [-0.4, -0.2) is 44.3 Å². The second-order valence-corrected chi connectivity index (χ2v) is 3.21. The fourth-order valence-electron chi connectivity index (χ4n) is 1.34. The second kappa shape index (κ2) is 3.76. The molecule has 0 aromatic rings. The normalized spacial score (nSPS) is 20.1. The van der Waals surface area contributed by atoms with Crippen molar-refractivity contribution in [2.45, 2.75) is 13.0 Å². The summed E-state index contributed by atoms with van der Waals surface area (Å²) in [4.78, 5) is 12.6. The van der Waals surface area contributed by atoms with Gasteiger partial charge in [-0.25, -0.2) is 4.79 Å². The Labute approximate surface area is 72.9 Å². The molecule has 0 aliphatic carbocycles. The van der Waals surface area contributed by atoms with Gasteiger partial charge in [-0.2, -0.15) is 0 Å². The van der Waals surface area contributed by atoms with Gasteiger partial charge in [-0.05, 0) is 14.0 Å². The molecule has 1 rings (SSSR count). The SMILES string of the molecule is CNC(C)C1CN(C(=O)OC)C1. The number of carbonyl (C=O) groups is 1. The Balaban J connectivity index is 2.23. The van der Waals surface area contributed by atoms with E-state index in [9.17, 15) is 4.79 Å². The summed E-state index contributed by atoms with van der Waals surface area (Å²) in [6.45, 7) is 3.75. The van der Waals surface area contributed by atoms with Gasteiger partial charge in [0.25, 0.3) is 0 Å². The Bertz CT molecular complexity index is 166. The quantitative estimate of drug-likeness (QED) is 0.651. The number of nitrogens with zero attached hydrogens (tertiary/aromatic N) is 1. The maximum atomic E-state index is 10.9. The van der Waals surface area contributed by atoms with Crippen molar-refractivity contribution in [3.63, 3.8) is 0 Å². The van der Waals surface area contributed by atoms with Crippen LogP contribution in [0.3, 0.4) is 0 Å². The molecule has 0 radical (unpaired) electrons. The van der Waals surface area contributed by atoms with Crippen LogP contribution in [0.4, 0.5) is 4.79 Å². The van der Waals surface area contributed by atoms with Crippen molar-refractivity contribution in [3.8, 4) is 0 Å². The van der Waals surface area contributed by atoms with Gasteiger partial charge in [0.15, 0.2) is 0 Å². The van der Waals surface area contributed by atoms with Crippen LogP contribution >= 0.6 is 0 Å². The van der Waals surface area contributed by atoms with Crippen molar-refractivity contribution in [2.24, 2.45) is 5.92 Å². The smallest absolute Gasteiger partial charge is 0.409 e. The van der Waals surface area contributed by atoms with E-state index in [0.29, 0.717) is 12.0 Å². The molecule has 1 fully saturated rings. The van der Waals surface area contributed by atoms with E-state index in [1.807, 2.05) is 7.05 Å². The molecule has 1 saturated heterocycles. The lowest BCUT2D eigenvalue weighted by atomic mass is 9.93. The molecule has 0 bridgehead atoms. The molecule has 4 nitrogen and oxygen atoms in total. The van der Waals surface area contributed by atoms with Gasteiger partial charge in [0.05, 0.1) is 7.11 Å². The van der Waals surface area contributed by atoms with E-state index in [-0.39, 0.29) is 6.09 Å². The predicted molar refractivity (Wildman–Crippen MR) is 46.0 cm³/mol. The van der Waals surface area contributed by atoms with Crippen molar-refractivity contribution in [1.82, 2.24) is 10.2 Å². The van der Waals surface area contributed by atoms with Gasteiger partial charge in [-0.15, -0.1) is 0 Å². The van der Waals surface area contributed by atoms with Gasteiger partial charge < -0.3 is 15.0 Å². The minimum absolute atomic E-state index is 0.213. The van der Waals surface area contributed by atoms with Gasteiger partial charge in [-0.1, -0.05) is 0 Å². The van der Waals surface area contributed by atoms with Crippen molar-refractivity contribution >= 4 is 6.09 Å². The maximum Gasteiger partial charge on any atom is 0.409 e. The highest BCUT2D eigenvalue weighted by Gasteiger charge is 2.33. The first-order valence-electron chi connectivity index (χ1n) is 4.19. The maximum absolute atomic E-state index is 10.9. The standard InChI is InChI=1S/C8H16N2O2/c1-6(9-2)7-4-10(5-7)8(11)12-3/h6-7,9H,4-5H2,1-3H3. The van der Waals surface area contributed by atoms with E-state index in [2.05, 4.69) is 17.0 Å². The van der Waals surface area contributed by atoms with Crippen LogP contribution in [0.15, 0.2) is 0 Å². The van der Waals surface area contributed by atoms with Crippen molar-refractivity contribution in [2.75, 3.05) is 27.2 Å². The number of amides is 1. The molecule has 1 heterocycles. The zero-order valence-electron chi connectivity index (χ0n) is 7.83. The zero-order valence-corrected chi connectivity index (χ0v) is 7.83. The summed E-state index contributed by atoms with van der Waals surface area (Å²) in [7, 11) is 3.35. The Morgan fingerprint density at radius 2 is 2.25 bits per heavy atom. The molecule has 1 N–H and O–H groups in total. The molecular weight excluding hydrogens is 156 g/mol. The van der Waals surface area contributed by atoms with Gasteiger partial charge >= 0.3 is 6.09 Å². The summed E-state index contributed by atoms with van der Waals surface area (Å²) < 4.78 is 4.58. The second-order valence-electron chi connectivity index (χ2n) is 3.21. The van der Waals surface area contributed by atoms with Crippen molar-refractivity contribution in [3.05, 3.63) is 0 Å². The van der Waals surface area contributed by atoms with Crippen LogP contribution in [0.2, 0.25) is 0 Å². The minimum atomic E-state index is -0.213. The monoisotopic (exact) mass is 172 g/mol. The highest BCUT2D eigenvalue weighted by Crippen LogP contribution is 2.19. The Morgan fingerprint density at radius 1 is 1.67 bits per heavy atom. The van der Waals surface area contributed by atoms with E-state index < -0.39 is 0 Å². The molecule has 1 atom stereocenters. The molecule has 70 valence electrons. The third-order valence-corrected chi connectivity index (χ3v) is 2.51. The van der Waals surface area contributed by atoms with Crippen LogP contribution in [0, 0.1) is 5.92 Å². The Kier molecular flexibility index (Phi) is 2.92. The largest absolute Gasteiger partial charge is 0.453 e. The first-order valence-corrected chi connectivity index (χ1v) is 4.19. The van der Waals surface area contributed by atoms with Gasteiger partial charge in [0.2, 0.25) is 0 Å². The van der Waals surface area contributed by atoms with E-state index in [1.54, 1.807) is 4.90 Å². The highest BCUT2D eigenvalue weighted by molar-refractivity contribution is 5.68. The molecular formula is C8H16N2O2. The van der Waals surface area contributed by atoms with Gasteiger partial charge in [0.1, 0.15) is 0 Å². The average molecular weight is 172 g/mol. The zero-order chi connectivity index (χ0) is 9.14. The fourth-order valence-corrected chi connectivity index (χ4v) is 1.34. The topological polar surface area (TPSA) is 41.6 Å². The van der Waals surface area contributed by atoms with Crippen LogP contribution in [0.25, 0.3) is 0 Å². The number of rotatable bonds is 2. The van der Waals surface area contributed by atoms with E-state index in [4.69, 9.17) is 0 Å². The number of hydrogen-bond acceptors (Lipinski definition) is 3. The van der Waals surface area contributed by atoms with Crippen LogP contribution < -0.4 is 5.32 Å². The molecule has 0 saturated carbocycles. The first-order chi connectivity index (χ1) is 5.69. The lowest BCUT2D eigenvalue weighted by Crippen LogP contribution is -2.56. The molecule has 0 aromatic carbocycles. The summed E-state index contributed by atoms with van der Waals surface area (Å²) in [5.41, 5.74) is 0. The predicted octanol–water partition coefficient (Wildman–Crippen LogP) is 0.292. The fraction of sp³-hybridized carbons (Fsp3) is 0.875. The number of carbonyl (C=O) groups excluding carboxylic acids is 1. The number of ether oxygens (including phenoxy) is 1. The molecule has 1 aliphatic rings. The van der Waals surface area contributed by atoms with Crippen molar-refractivity contribution in [1.29, 1.82) is 0 Å². The molecule has 12 heavy (non-hydrogen) atoms. The molecule has 4 heteroatoms. The summed E-state index contributed by atoms with van der Waals surface area (Å²) in [6, 6.07) is 0.478. The third-order valence-electron chi connectivity index (χ3n) is 2.51. The molecule has 1 aliphatic heterocycles. The molecule has 0 spiro atoms. The number of methoxy groups -OCH3 is 1. The highest BCUT2D eigenvalue weighted by atomic mass is 16.5. The van der Waals surface area contributed by atoms with E-state index in [1.165, 1.54) is 7.11 Å². The lowest BCUT2D eigenvalue weighted by Gasteiger charge is -2.41. The summed E-state index contributed by atoms with van der Waals surface area (Å²) in [6.07, 6.45) is -0.213. The molecule has 1 unspecified atom stereocenters. The van der Waals surface area contributed by atoms with E-state index >= 15 is 0 Å². The molecule has 0 aromatic heterocycles. The van der Waals surface area contributed by atoms with Crippen LogP contribution in [0.5, 0.6) is 0 Å². The van der Waals surface area contributed by atoms with Gasteiger partial charge in [0, 0.05) is 25.0 Å². The van der Waals surface area contributed by atoms with Crippen LogP contribution in [-0.2, 0) is 4.74 Å². The van der Waals surface area contributed by atoms with Crippen LogP contribution in [0.1, 0.15) is 6.92 Å². The Hall–Kier alpha value is -0.770. The summed E-state index contributed by atoms with van der Waals surface area (Å²) >= 11 is 0. The Morgan fingerprint density at radius 3 is 2.67 bits per heavy atom. The third kappa shape index (κ3) is 1.69. The summed E-state index contributed by atoms with van der Waals surface area (Å²) in [5.74, 6) is 0.578.